The van der Waals surface area contributed by atoms with Crippen molar-refractivity contribution >= 4 is 28.6 Å². The van der Waals surface area contributed by atoms with Gasteiger partial charge in [-0.2, -0.15) is 0 Å². The molecular formula is C16H21N3OS2. The lowest BCUT2D eigenvalue weighted by Gasteiger charge is -2.17. The summed E-state index contributed by atoms with van der Waals surface area (Å²) in [5.74, 6) is 0.0978. The third kappa shape index (κ3) is 3.94. The van der Waals surface area contributed by atoms with Crippen molar-refractivity contribution in [2.45, 2.75) is 51.2 Å². The van der Waals surface area contributed by atoms with Crippen molar-refractivity contribution in [2.75, 3.05) is 0 Å². The van der Waals surface area contributed by atoms with E-state index in [1.165, 1.54) is 17.7 Å². The van der Waals surface area contributed by atoms with E-state index < -0.39 is 0 Å². The van der Waals surface area contributed by atoms with Crippen molar-refractivity contribution in [2.24, 2.45) is 0 Å². The zero-order chi connectivity index (χ0) is 15.4. The van der Waals surface area contributed by atoms with E-state index in [1.54, 1.807) is 22.7 Å². The Morgan fingerprint density at radius 2 is 2.23 bits per heavy atom. The Kier molecular flexibility index (Phi) is 5.23. The van der Waals surface area contributed by atoms with Crippen LogP contribution in [0.2, 0.25) is 0 Å². The predicted octanol–water partition coefficient (Wildman–Crippen LogP) is 3.41. The summed E-state index contributed by atoms with van der Waals surface area (Å²) >= 11 is 3.35. The third-order valence-electron chi connectivity index (χ3n) is 3.97. The standard InChI is InChI=1S/C16H21N3OS2/c1-11(15(20)18-12-5-2-3-6-12)17-9-13-10-22-16(19-13)14-7-4-8-21-14/h4,7-8,10-12,17H,2-3,5-6,9H2,1H3,(H,18,20). The Hall–Kier alpha value is -1.24. The molecule has 0 saturated heterocycles. The third-order valence-corrected chi connectivity index (χ3v) is 5.90. The fraction of sp³-hybridized carbons (Fsp3) is 0.500. The van der Waals surface area contributed by atoms with Gasteiger partial charge in [0.15, 0.2) is 0 Å². The van der Waals surface area contributed by atoms with Crippen LogP contribution in [0.4, 0.5) is 0 Å². The molecule has 1 fully saturated rings. The number of hydrogen-bond donors (Lipinski definition) is 2. The first-order chi connectivity index (χ1) is 10.7. The zero-order valence-corrected chi connectivity index (χ0v) is 14.3. The maximum Gasteiger partial charge on any atom is 0.237 e. The largest absolute Gasteiger partial charge is 0.352 e. The Bertz CT molecular complexity index is 603. The molecule has 2 N–H and O–H groups in total. The van der Waals surface area contributed by atoms with E-state index in [4.69, 9.17) is 0 Å². The number of nitrogens with one attached hydrogen (secondary N) is 2. The molecule has 1 saturated carbocycles. The molecule has 2 aromatic rings. The maximum absolute atomic E-state index is 12.1. The van der Waals surface area contributed by atoms with Gasteiger partial charge in [-0.05, 0) is 31.2 Å². The fourth-order valence-corrected chi connectivity index (χ4v) is 4.28. The van der Waals surface area contributed by atoms with E-state index in [2.05, 4.69) is 32.4 Å². The topological polar surface area (TPSA) is 54.0 Å². The van der Waals surface area contributed by atoms with E-state index in [-0.39, 0.29) is 11.9 Å². The fourth-order valence-electron chi connectivity index (χ4n) is 2.65. The molecule has 22 heavy (non-hydrogen) atoms. The lowest BCUT2D eigenvalue weighted by molar-refractivity contribution is -0.123. The highest BCUT2D eigenvalue weighted by Crippen LogP contribution is 2.27. The molecule has 1 aliphatic carbocycles. The number of carbonyl (C=O) groups excluding carboxylic acids is 1. The summed E-state index contributed by atoms with van der Waals surface area (Å²) in [6, 6.07) is 4.31. The van der Waals surface area contributed by atoms with Crippen molar-refractivity contribution in [3.8, 4) is 9.88 Å². The molecular weight excluding hydrogens is 314 g/mol. The Morgan fingerprint density at radius 3 is 2.95 bits per heavy atom. The molecule has 0 spiro atoms. The van der Waals surface area contributed by atoms with E-state index in [9.17, 15) is 4.79 Å². The van der Waals surface area contributed by atoms with Crippen molar-refractivity contribution < 1.29 is 4.79 Å². The highest BCUT2D eigenvalue weighted by Gasteiger charge is 2.20. The summed E-state index contributed by atoms with van der Waals surface area (Å²) in [6.45, 7) is 2.54. The molecule has 1 unspecified atom stereocenters. The molecule has 0 aliphatic heterocycles. The van der Waals surface area contributed by atoms with E-state index in [0.29, 0.717) is 12.6 Å². The van der Waals surface area contributed by atoms with E-state index in [0.717, 1.165) is 23.5 Å². The van der Waals surface area contributed by atoms with Crippen molar-refractivity contribution in [1.29, 1.82) is 0 Å². The molecule has 1 amide bonds. The second-order valence-electron chi connectivity index (χ2n) is 5.71. The molecule has 0 radical (unpaired) electrons. The lowest BCUT2D eigenvalue weighted by Crippen LogP contribution is -2.45. The Labute approximate surface area is 139 Å². The van der Waals surface area contributed by atoms with Crippen LogP contribution in [-0.4, -0.2) is 23.0 Å². The van der Waals surface area contributed by atoms with Crippen molar-refractivity contribution in [3.05, 3.63) is 28.6 Å². The first-order valence-electron chi connectivity index (χ1n) is 7.74. The van der Waals surface area contributed by atoms with Gasteiger partial charge in [-0.3, -0.25) is 4.79 Å². The quantitative estimate of drug-likeness (QED) is 0.850. The van der Waals surface area contributed by atoms with Gasteiger partial charge in [0.25, 0.3) is 0 Å². The SMILES string of the molecule is CC(NCc1csc(-c2cccs2)n1)C(=O)NC1CCCC1. The number of nitrogens with zero attached hydrogens (tertiary/aromatic N) is 1. The number of carbonyl (C=O) groups is 1. The highest BCUT2D eigenvalue weighted by molar-refractivity contribution is 7.20. The van der Waals surface area contributed by atoms with Crippen LogP contribution in [0.5, 0.6) is 0 Å². The summed E-state index contributed by atoms with van der Waals surface area (Å²) in [7, 11) is 0. The minimum Gasteiger partial charge on any atom is -0.352 e. The molecule has 0 bridgehead atoms. The smallest absolute Gasteiger partial charge is 0.237 e. The molecule has 2 aromatic heterocycles. The Balaban J connectivity index is 1.48. The molecule has 1 atom stereocenters. The van der Waals surface area contributed by atoms with Gasteiger partial charge >= 0.3 is 0 Å². The van der Waals surface area contributed by atoms with Crippen LogP contribution in [0, 0.1) is 0 Å². The van der Waals surface area contributed by atoms with Gasteiger partial charge in [0, 0.05) is 18.0 Å². The second-order valence-corrected chi connectivity index (χ2v) is 7.52. The van der Waals surface area contributed by atoms with E-state index >= 15 is 0 Å². The number of hydrogen-bond acceptors (Lipinski definition) is 5. The highest BCUT2D eigenvalue weighted by atomic mass is 32.1. The van der Waals surface area contributed by atoms with Gasteiger partial charge < -0.3 is 10.6 Å². The van der Waals surface area contributed by atoms with Gasteiger partial charge in [0.1, 0.15) is 5.01 Å². The number of thiazole rings is 1. The molecule has 0 aromatic carbocycles. The van der Waals surface area contributed by atoms with Crippen molar-refractivity contribution in [3.63, 3.8) is 0 Å². The summed E-state index contributed by atoms with van der Waals surface area (Å²) in [5.41, 5.74) is 0.994. The molecule has 118 valence electrons. The summed E-state index contributed by atoms with van der Waals surface area (Å²) < 4.78 is 0. The monoisotopic (exact) mass is 335 g/mol. The minimum absolute atomic E-state index is 0.0978. The Morgan fingerprint density at radius 1 is 1.41 bits per heavy atom. The van der Waals surface area contributed by atoms with Crippen LogP contribution >= 0.6 is 22.7 Å². The van der Waals surface area contributed by atoms with Crippen LogP contribution < -0.4 is 10.6 Å². The van der Waals surface area contributed by atoms with E-state index in [1.807, 2.05) is 13.0 Å². The maximum atomic E-state index is 12.1. The van der Waals surface area contributed by atoms with Gasteiger partial charge in [0.2, 0.25) is 5.91 Å². The van der Waals surface area contributed by atoms with Crippen LogP contribution in [0.1, 0.15) is 38.3 Å². The van der Waals surface area contributed by atoms with Crippen LogP contribution in [0.25, 0.3) is 9.88 Å². The predicted molar refractivity (Wildman–Crippen MR) is 92.1 cm³/mol. The normalized spacial score (nSPS) is 16.8. The number of rotatable bonds is 6. The van der Waals surface area contributed by atoms with Gasteiger partial charge in [-0.15, -0.1) is 22.7 Å². The first kappa shape index (κ1) is 15.6. The number of thiophene rings is 1. The van der Waals surface area contributed by atoms with Gasteiger partial charge in [-0.1, -0.05) is 18.9 Å². The molecule has 1 aliphatic rings. The molecule has 2 heterocycles. The zero-order valence-electron chi connectivity index (χ0n) is 12.7. The second kappa shape index (κ2) is 7.35. The average Bonchev–Trinajstić information content (AvgIpc) is 3.25. The van der Waals surface area contributed by atoms with Crippen LogP contribution in [0.3, 0.4) is 0 Å². The van der Waals surface area contributed by atoms with Crippen molar-refractivity contribution in [1.82, 2.24) is 15.6 Å². The molecule has 3 rings (SSSR count). The van der Waals surface area contributed by atoms with Crippen LogP contribution in [-0.2, 0) is 11.3 Å². The first-order valence-corrected chi connectivity index (χ1v) is 9.50. The molecule has 6 heteroatoms. The molecule has 4 nitrogen and oxygen atoms in total. The summed E-state index contributed by atoms with van der Waals surface area (Å²) in [5, 5.41) is 11.6. The average molecular weight is 335 g/mol. The lowest BCUT2D eigenvalue weighted by atomic mass is 10.2. The van der Waals surface area contributed by atoms with Gasteiger partial charge in [0.05, 0.1) is 16.6 Å². The number of amides is 1. The number of aromatic nitrogens is 1. The van der Waals surface area contributed by atoms with Crippen LogP contribution in [0.15, 0.2) is 22.9 Å². The summed E-state index contributed by atoms with van der Waals surface area (Å²) in [4.78, 5) is 17.9. The summed E-state index contributed by atoms with van der Waals surface area (Å²) in [6.07, 6.45) is 4.71. The minimum atomic E-state index is -0.188. The van der Waals surface area contributed by atoms with Gasteiger partial charge in [-0.25, -0.2) is 4.98 Å².